The summed E-state index contributed by atoms with van der Waals surface area (Å²) >= 11 is 0. The summed E-state index contributed by atoms with van der Waals surface area (Å²) in [5.41, 5.74) is 0. The van der Waals surface area contributed by atoms with Crippen molar-refractivity contribution in [1.82, 2.24) is 10.3 Å². The van der Waals surface area contributed by atoms with Gasteiger partial charge in [0.05, 0.1) is 19.3 Å². The van der Waals surface area contributed by atoms with Gasteiger partial charge in [0.2, 0.25) is 5.89 Å². The van der Waals surface area contributed by atoms with Gasteiger partial charge in [0.25, 0.3) is 0 Å². The van der Waals surface area contributed by atoms with Crippen molar-refractivity contribution in [3.8, 4) is 11.5 Å². The number of rotatable bonds is 9. The van der Waals surface area contributed by atoms with E-state index >= 15 is 0 Å². The van der Waals surface area contributed by atoms with Crippen LogP contribution in [-0.4, -0.2) is 23.7 Å². The van der Waals surface area contributed by atoms with Gasteiger partial charge >= 0.3 is 0 Å². The highest BCUT2D eigenvalue weighted by Crippen LogP contribution is 2.33. The second-order valence-electron chi connectivity index (χ2n) is 8.74. The zero-order valence-corrected chi connectivity index (χ0v) is 18.3. The van der Waals surface area contributed by atoms with Gasteiger partial charge in [0.15, 0.2) is 0 Å². The summed E-state index contributed by atoms with van der Waals surface area (Å²) < 4.78 is 18.1. The van der Waals surface area contributed by atoms with Gasteiger partial charge in [-0.15, -0.1) is 0 Å². The van der Waals surface area contributed by atoms with Crippen LogP contribution >= 0.6 is 0 Å². The highest BCUT2D eigenvalue weighted by Gasteiger charge is 2.27. The second-order valence-corrected chi connectivity index (χ2v) is 8.74. The zero-order valence-electron chi connectivity index (χ0n) is 18.3. The summed E-state index contributed by atoms with van der Waals surface area (Å²) in [6, 6.07) is 8.34. The zero-order chi connectivity index (χ0) is 20.6. The molecule has 2 aliphatic rings. The Kier molecular flexibility index (Phi) is 7.68. The van der Waals surface area contributed by atoms with Crippen molar-refractivity contribution in [3.05, 3.63) is 42.1 Å². The molecule has 2 aromatic rings. The molecule has 1 heterocycles. The van der Waals surface area contributed by atoms with Crippen LogP contribution in [0.4, 0.5) is 0 Å². The molecule has 0 radical (unpaired) electrons. The van der Waals surface area contributed by atoms with E-state index in [0.29, 0.717) is 18.5 Å². The molecule has 2 atom stereocenters. The molecule has 0 spiro atoms. The van der Waals surface area contributed by atoms with Gasteiger partial charge in [0.1, 0.15) is 23.4 Å². The summed E-state index contributed by atoms with van der Waals surface area (Å²) in [7, 11) is 0. The van der Waals surface area contributed by atoms with Crippen molar-refractivity contribution in [2.75, 3.05) is 6.61 Å². The van der Waals surface area contributed by atoms with Crippen LogP contribution in [0.25, 0.3) is 0 Å². The van der Waals surface area contributed by atoms with Gasteiger partial charge in [0, 0.05) is 12.0 Å². The molecule has 164 valence electrons. The van der Waals surface area contributed by atoms with E-state index in [1.165, 1.54) is 44.9 Å². The molecule has 0 amide bonds. The first-order chi connectivity index (χ1) is 14.8. The molecule has 5 heteroatoms. The van der Waals surface area contributed by atoms with Crippen LogP contribution in [0.1, 0.15) is 88.7 Å². The van der Waals surface area contributed by atoms with E-state index in [2.05, 4.69) is 17.2 Å². The maximum absolute atomic E-state index is 6.35. The van der Waals surface area contributed by atoms with E-state index < -0.39 is 0 Å². The Morgan fingerprint density at radius 2 is 1.70 bits per heavy atom. The Morgan fingerprint density at radius 1 is 0.967 bits per heavy atom. The van der Waals surface area contributed by atoms with E-state index in [0.717, 1.165) is 49.0 Å². The third kappa shape index (κ3) is 5.78. The van der Waals surface area contributed by atoms with Gasteiger partial charge in [-0.1, -0.05) is 32.6 Å². The number of nitrogens with one attached hydrogen (secondary N) is 1. The molecule has 30 heavy (non-hydrogen) atoms. The van der Waals surface area contributed by atoms with Crippen LogP contribution in [0.15, 0.2) is 34.9 Å². The molecule has 2 unspecified atom stereocenters. The lowest BCUT2D eigenvalue weighted by Crippen LogP contribution is -2.44. The molecule has 1 aromatic carbocycles. The maximum atomic E-state index is 6.35. The summed E-state index contributed by atoms with van der Waals surface area (Å²) in [5.74, 6) is 4.26. The van der Waals surface area contributed by atoms with Gasteiger partial charge < -0.3 is 19.2 Å². The molecule has 2 fully saturated rings. The minimum absolute atomic E-state index is 0.175. The van der Waals surface area contributed by atoms with Gasteiger partial charge in [-0.25, -0.2) is 4.98 Å². The molecule has 4 rings (SSSR count). The summed E-state index contributed by atoms with van der Waals surface area (Å²) in [5, 5.41) is 3.66. The number of benzene rings is 1. The second kappa shape index (κ2) is 10.9. The Hall–Kier alpha value is -2.01. The average molecular weight is 413 g/mol. The highest BCUT2D eigenvalue weighted by atomic mass is 16.5. The average Bonchev–Trinajstić information content (AvgIpc) is 3.28. The molecule has 2 saturated carbocycles. The number of aromatic nitrogens is 1. The first-order valence-corrected chi connectivity index (χ1v) is 11.9. The summed E-state index contributed by atoms with van der Waals surface area (Å²) in [6.07, 6.45) is 14.2. The molecule has 2 aliphatic carbocycles. The van der Waals surface area contributed by atoms with Crippen molar-refractivity contribution >= 4 is 0 Å². The van der Waals surface area contributed by atoms with Crippen molar-refractivity contribution in [3.63, 3.8) is 0 Å². The quantitative estimate of drug-likeness (QED) is 0.548. The fraction of sp³-hybridized carbons (Fsp3) is 0.640. The normalized spacial score (nSPS) is 22.7. The number of nitrogens with zero attached hydrogens (tertiary/aromatic N) is 1. The summed E-state index contributed by atoms with van der Waals surface area (Å²) in [6.45, 7) is 3.53. The van der Waals surface area contributed by atoms with E-state index in [4.69, 9.17) is 13.9 Å². The molecule has 0 saturated heterocycles. The van der Waals surface area contributed by atoms with Crippen LogP contribution in [0.5, 0.6) is 11.5 Å². The topological polar surface area (TPSA) is 56.5 Å². The first-order valence-electron chi connectivity index (χ1n) is 11.9. The monoisotopic (exact) mass is 412 g/mol. The van der Waals surface area contributed by atoms with E-state index in [1.54, 1.807) is 0 Å². The Balaban J connectivity index is 1.30. The lowest BCUT2D eigenvalue weighted by Gasteiger charge is -2.32. The predicted octanol–water partition coefficient (Wildman–Crippen LogP) is 5.99. The molecule has 1 N–H and O–H groups in total. The molecule has 0 bridgehead atoms. The number of hydrogen-bond donors (Lipinski definition) is 1. The third-order valence-electron chi connectivity index (χ3n) is 6.38. The van der Waals surface area contributed by atoms with Crippen LogP contribution in [0, 0.1) is 0 Å². The van der Waals surface area contributed by atoms with Gasteiger partial charge in [-0.3, -0.25) is 0 Å². The highest BCUT2D eigenvalue weighted by molar-refractivity contribution is 5.31. The number of hydrogen-bond acceptors (Lipinski definition) is 5. The van der Waals surface area contributed by atoms with Crippen molar-refractivity contribution < 1.29 is 13.9 Å². The fourth-order valence-electron chi connectivity index (χ4n) is 4.68. The minimum Gasteiger partial charge on any atom is -0.494 e. The van der Waals surface area contributed by atoms with Crippen molar-refractivity contribution in [2.45, 2.75) is 95.7 Å². The molecule has 1 aromatic heterocycles. The minimum atomic E-state index is 0.175. The lowest BCUT2D eigenvalue weighted by molar-refractivity contribution is 0.111. The number of ether oxygens (including phenoxy) is 2. The van der Waals surface area contributed by atoms with Crippen LogP contribution < -0.4 is 14.8 Å². The lowest BCUT2D eigenvalue weighted by atomic mass is 9.88. The Morgan fingerprint density at radius 3 is 2.50 bits per heavy atom. The Bertz CT molecular complexity index is 752. The molecular weight excluding hydrogens is 376 g/mol. The molecule has 5 nitrogen and oxygen atoms in total. The molecular formula is C25H36N2O3. The standard InChI is InChI=1S/C25H36N2O3/c1-2-16-28-20-12-14-21(15-13-20)29-23-11-7-6-10-22(23)26-18-25-27-17-24(30-25)19-8-4-3-5-9-19/h12-15,17,19,22-23,26H,2-11,16,18H2,1H3. The van der Waals surface area contributed by atoms with E-state index in [1.807, 2.05) is 30.5 Å². The van der Waals surface area contributed by atoms with Crippen molar-refractivity contribution in [2.24, 2.45) is 0 Å². The van der Waals surface area contributed by atoms with Crippen LogP contribution in [0.2, 0.25) is 0 Å². The van der Waals surface area contributed by atoms with Crippen LogP contribution in [0.3, 0.4) is 0 Å². The summed E-state index contributed by atoms with van der Waals surface area (Å²) in [4.78, 5) is 4.54. The molecule has 0 aliphatic heterocycles. The van der Waals surface area contributed by atoms with E-state index in [-0.39, 0.29) is 6.10 Å². The SMILES string of the molecule is CCCOc1ccc(OC2CCCCC2NCc2ncc(C3CCCCC3)o2)cc1. The fourth-order valence-corrected chi connectivity index (χ4v) is 4.68. The van der Waals surface area contributed by atoms with Crippen LogP contribution in [-0.2, 0) is 6.54 Å². The van der Waals surface area contributed by atoms with Gasteiger partial charge in [-0.05, 0) is 62.8 Å². The number of oxazole rings is 1. The van der Waals surface area contributed by atoms with Gasteiger partial charge in [-0.2, -0.15) is 0 Å². The van der Waals surface area contributed by atoms with Crippen molar-refractivity contribution in [1.29, 1.82) is 0 Å². The maximum Gasteiger partial charge on any atom is 0.208 e. The first kappa shape index (κ1) is 21.2. The Labute approximate surface area is 180 Å². The smallest absolute Gasteiger partial charge is 0.208 e. The largest absolute Gasteiger partial charge is 0.494 e. The van der Waals surface area contributed by atoms with E-state index in [9.17, 15) is 0 Å². The third-order valence-corrected chi connectivity index (χ3v) is 6.38. The predicted molar refractivity (Wildman–Crippen MR) is 118 cm³/mol.